The molecule has 2 aromatic rings. The first kappa shape index (κ1) is 22.3. The minimum absolute atomic E-state index is 0.0417. The van der Waals surface area contributed by atoms with Crippen LogP contribution in [0.15, 0.2) is 42.9 Å². The SMILES string of the molecule is N=CC(=CN)c1c(F)cncc1C=CC(=O)Nc1ccc(CN2CCOCC2)cc1F. The van der Waals surface area contributed by atoms with Crippen LogP contribution in [-0.2, 0) is 16.1 Å². The molecule has 0 aliphatic carbocycles. The number of anilines is 1. The largest absolute Gasteiger partial charge is 0.404 e. The fourth-order valence-electron chi connectivity index (χ4n) is 3.20. The lowest BCUT2D eigenvalue weighted by Gasteiger charge is -2.26. The molecule has 0 atom stereocenters. The number of carbonyl (C=O) groups is 1. The zero-order valence-electron chi connectivity index (χ0n) is 16.8. The molecule has 1 aromatic heterocycles. The summed E-state index contributed by atoms with van der Waals surface area (Å²) in [5.74, 6) is -1.81. The van der Waals surface area contributed by atoms with Crippen LogP contribution in [0.25, 0.3) is 11.6 Å². The minimum atomic E-state index is -0.676. The maximum atomic E-state index is 14.5. The molecular formula is C22H23F2N5O2. The number of hydrogen-bond donors (Lipinski definition) is 3. The lowest BCUT2D eigenvalue weighted by Crippen LogP contribution is -2.35. The van der Waals surface area contributed by atoms with Crippen molar-refractivity contribution in [3.05, 3.63) is 71.2 Å². The van der Waals surface area contributed by atoms with Gasteiger partial charge in [-0.05, 0) is 23.8 Å². The van der Waals surface area contributed by atoms with Crippen LogP contribution in [0.2, 0.25) is 0 Å². The molecule has 3 rings (SSSR count). The summed E-state index contributed by atoms with van der Waals surface area (Å²) >= 11 is 0. The summed E-state index contributed by atoms with van der Waals surface area (Å²) in [6.07, 6.45) is 6.81. The molecule has 162 valence electrons. The Labute approximate surface area is 178 Å². The highest BCUT2D eigenvalue weighted by atomic mass is 19.1. The van der Waals surface area contributed by atoms with Crippen molar-refractivity contribution in [2.24, 2.45) is 5.73 Å². The number of allylic oxidation sites excluding steroid dienone is 1. The third-order valence-corrected chi connectivity index (χ3v) is 4.77. The van der Waals surface area contributed by atoms with Crippen LogP contribution >= 0.6 is 0 Å². The third kappa shape index (κ3) is 5.80. The maximum absolute atomic E-state index is 14.5. The smallest absolute Gasteiger partial charge is 0.248 e. The Hall–Kier alpha value is -3.43. The Kier molecular flexibility index (Phi) is 7.58. The van der Waals surface area contributed by atoms with E-state index in [4.69, 9.17) is 15.9 Å². The Bertz CT molecular complexity index is 1020. The van der Waals surface area contributed by atoms with E-state index in [2.05, 4.69) is 15.2 Å². The van der Waals surface area contributed by atoms with E-state index in [1.807, 2.05) is 0 Å². The van der Waals surface area contributed by atoms with E-state index in [1.165, 1.54) is 24.4 Å². The summed E-state index contributed by atoms with van der Waals surface area (Å²) in [5, 5.41) is 9.83. The van der Waals surface area contributed by atoms with Crippen molar-refractivity contribution in [2.75, 3.05) is 31.6 Å². The van der Waals surface area contributed by atoms with Crippen molar-refractivity contribution in [1.82, 2.24) is 9.88 Å². The number of benzene rings is 1. The van der Waals surface area contributed by atoms with Crippen molar-refractivity contribution in [1.29, 1.82) is 5.41 Å². The molecule has 0 spiro atoms. The number of morpholine rings is 1. The van der Waals surface area contributed by atoms with Crippen LogP contribution in [0.3, 0.4) is 0 Å². The number of ether oxygens (including phenoxy) is 1. The summed E-state index contributed by atoms with van der Waals surface area (Å²) in [6, 6.07) is 4.66. The molecule has 0 saturated carbocycles. The van der Waals surface area contributed by atoms with Gasteiger partial charge in [-0.1, -0.05) is 6.07 Å². The Morgan fingerprint density at radius 2 is 2.03 bits per heavy atom. The zero-order valence-corrected chi connectivity index (χ0v) is 16.8. The van der Waals surface area contributed by atoms with Crippen molar-refractivity contribution in [3.8, 4) is 0 Å². The molecule has 0 unspecified atom stereocenters. The number of pyridine rings is 1. The van der Waals surface area contributed by atoms with Crippen LogP contribution in [0, 0.1) is 17.0 Å². The molecule has 0 bridgehead atoms. The molecule has 4 N–H and O–H groups in total. The molecule has 1 fully saturated rings. The van der Waals surface area contributed by atoms with E-state index in [-0.39, 0.29) is 22.4 Å². The van der Waals surface area contributed by atoms with Gasteiger partial charge in [0.05, 0.1) is 25.1 Å². The quantitative estimate of drug-likeness (QED) is 0.466. The predicted molar refractivity (Wildman–Crippen MR) is 115 cm³/mol. The molecule has 2 heterocycles. The monoisotopic (exact) mass is 427 g/mol. The van der Waals surface area contributed by atoms with E-state index < -0.39 is 17.5 Å². The summed E-state index contributed by atoms with van der Waals surface area (Å²) in [7, 11) is 0. The first-order valence-corrected chi connectivity index (χ1v) is 9.65. The molecule has 1 amide bonds. The first-order chi connectivity index (χ1) is 15.0. The van der Waals surface area contributed by atoms with Crippen LogP contribution in [0.4, 0.5) is 14.5 Å². The number of nitrogens with two attached hydrogens (primary N) is 1. The predicted octanol–water partition coefficient (Wildman–Crippen LogP) is 2.79. The zero-order chi connectivity index (χ0) is 22.2. The van der Waals surface area contributed by atoms with Crippen LogP contribution in [0.5, 0.6) is 0 Å². The molecule has 7 nitrogen and oxygen atoms in total. The Morgan fingerprint density at radius 1 is 1.26 bits per heavy atom. The highest BCUT2D eigenvalue weighted by Crippen LogP contribution is 2.22. The van der Waals surface area contributed by atoms with E-state index in [0.717, 1.165) is 43.3 Å². The lowest BCUT2D eigenvalue weighted by molar-refractivity contribution is -0.111. The topological polar surface area (TPSA) is 104 Å². The number of halogens is 2. The molecule has 1 saturated heterocycles. The molecule has 1 aromatic carbocycles. The Balaban J connectivity index is 1.69. The van der Waals surface area contributed by atoms with Crippen molar-refractivity contribution < 1.29 is 18.3 Å². The normalized spacial score (nSPS) is 15.2. The van der Waals surface area contributed by atoms with Crippen molar-refractivity contribution >= 4 is 29.5 Å². The van der Waals surface area contributed by atoms with Gasteiger partial charge in [0.15, 0.2) is 0 Å². The summed E-state index contributed by atoms with van der Waals surface area (Å²) < 4.78 is 33.9. The van der Waals surface area contributed by atoms with Gasteiger partial charge in [0, 0.05) is 61.0 Å². The summed E-state index contributed by atoms with van der Waals surface area (Å²) in [4.78, 5) is 18.2. The van der Waals surface area contributed by atoms with Crippen LogP contribution in [-0.4, -0.2) is 48.3 Å². The van der Waals surface area contributed by atoms with E-state index in [0.29, 0.717) is 19.8 Å². The molecule has 0 radical (unpaired) electrons. The maximum Gasteiger partial charge on any atom is 0.248 e. The van der Waals surface area contributed by atoms with E-state index >= 15 is 0 Å². The highest BCUT2D eigenvalue weighted by molar-refractivity contribution is 6.10. The average Bonchev–Trinajstić information content (AvgIpc) is 2.77. The second-order valence-electron chi connectivity index (χ2n) is 6.88. The van der Waals surface area contributed by atoms with Crippen molar-refractivity contribution in [3.63, 3.8) is 0 Å². The summed E-state index contributed by atoms with van der Waals surface area (Å²) in [5.41, 5.74) is 6.74. The molecule has 9 heteroatoms. The van der Waals surface area contributed by atoms with Gasteiger partial charge < -0.3 is 21.2 Å². The van der Waals surface area contributed by atoms with Gasteiger partial charge >= 0.3 is 0 Å². The molecule has 31 heavy (non-hydrogen) atoms. The average molecular weight is 427 g/mol. The number of aromatic nitrogens is 1. The van der Waals surface area contributed by atoms with Gasteiger partial charge in [0.2, 0.25) is 5.91 Å². The van der Waals surface area contributed by atoms with Crippen LogP contribution in [0.1, 0.15) is 16.7 Å². The lowest BCUT2D eigenvalue weighted by atomic mass is 10.0. The van der Waals surface area contributed by atoms with Crippen LogP contribution < -0.4 is 11.1 Å². The third-order valence-electron chi connectivity index (χ3n) is 4.77. The Morgan fingerprint density at radius 3 is 2.71 bits per heavy atom. The van der Waals surface area contributed by atoms with Gasteiger partial charge in [0.1, 0.15) is 11.6 Å². The molecule has 1 aliphatic heterocycles. The number of carbonyl (C=O) groups excluding carboxylic acids is 1. The second kappa shape index (κ2) is 10.6. The fraction of sp³-hybridized carbons (Fsp3) is 0.227. The standard InChI is InChI=1S/C22H23F2N5O2/c23-18-9-15(14-29-5-7-31-8-6-29)1-3-20(18)28-21(30)4-2-16-12-27-13-19(24)22(16)17(10-25)11-26/h1-4,9-13,25H,5-8,14,26H2,(H,28,30). The number of hydrogen-bond acceptors (Lipinski definition) is 6. The highest BCUT2D eigenvalue weighted by Gasteiger charge is 2.13. The molecule has 1 aliphatic rings. The number of rotatable bonds is 7. The second-order valence-corrected chi connectivity index (χ2v) is 6.88. The van der Waals surface area contributed by atoms with Gasteiger partial charge in [-0.3, -0.25) is 14.7 Å². The number of nitrogens with zero attached hydrogens (tertiary/aromatic N) is 2. The first-order valence-electron chi connectivity index (χ1n) is 9.65. The molecular weight excluding hydrogens is 404 g/mol. The van der Waals surface area contributed by atoms with E-state index in [9.17, 15) is 13.6 Å². The van der Waals surface area contributed by atoms with Gasteiger partial charge in [0.25, 0.3) is 0 Å². The van der Waals surface area contributed by atoms with Crippen molar-refractivity contribution in [2.45, 2.75) is 6.54 Å². The van der Waals surface area contributed by atoms with Gasteiger partial charge in [-0.15, -0.1) is 0 Å². The van der Waals surface area contributed by atoms with Gasteiger partial charge in [-0.2, -0.15) is 0 Å². The number of amides is 1. The summed E-state index contributed by atoms with van der Waals surface area (Å²) in [6.45, 7) is 3.51. The minimum Gasteiger partial charge on any atom is -0.404 e. The number of nitrogens with one attached hydrogen (secondary N) is 2. The fourth-order valence-corrected chi connectivity index (χ4v) is 3.20. The van der Waals surface area contributed by atoms with E-state index in [1.54, 1.807) is 6.07 Å². The van der Waals surface area contributed by atoms with Gasteiger partial charge in [-0.25, -0.2) is 8.78 Å².